The molecule has 0 bridgehead atoms. The number of anilines is 1. The topological polar surface area (TPSA) is 76.0 Å². The van der Waals surface area contributed by atoms with Gasteiger partial charge in [0.2, 0.25) is 5.91 Å². The number of halogens is 1. The maximum Gasteiger partial charge on any atom is 0.251 e. The Bertz CT molecular complexity index is 768. The van der Waals surface area contributed by atoms with Gasteiger partial charge in [0.05, 0.1) is 23.6 Å². The number of carbonyl (C=O) groups is 2. The molecule has 0 unspecified atom stereocenters. The fraction of sp³-hybridized carbons (Fsp3) is 0.353. The van der Waals surface area contributed by atoms with Crippen LogP contribution < -0.4 is 10.6 Å². The lowest BCUT2D eigenvalue weighted by Gasteiger charge is -2.10. The Morgan fingerprint density at radius 2 is 2.00 bits per heavy atom. The van der Waals surface area contributed by atoms with Crippen molar-refractivity contribution in [2.75, 3.05) is 11.9 Å². The zero-order valence-corrected chi connectivity index (χ0v) is 14.2. The zero-order chi connectivity index (χ0) is 17.9. The van der Waals surface area contributed by atoms with Crippen LogP contribution in [-0.2, 0) is 4.79 Å². The van der Waals surface area contributed by atoms with Gasteiger partial charge in [0.1, 0.15) is 5.82 Å². The number of hydrogen-bond donors (Lipinski definition) is 2. The highest BCUT2D eigenvalue weighted by Gasteiger charge is 2.16. The first-order valence-electron chi connectivity index (χ1n) is 7.69. The second-order valence-corrected chi connectivity index (χ2v) is 5.83. The first kappa shape index (κ1) is 17.7. The van der Waals surface area contributed by atoms with Crippen LogP contribution in [0.2, 0.25) is 0 Å². The van der Waals surface area contributed by atoms with Gasteiger partial charge in [0.25, 0.3) is 5.91 Å². The minimum absolute atomic E-state index is 0.169. The highest BCUT2D eigenvalue weighted by molar-refractivity contribution is 5.99. The van der Waals surface area contributed by atoms with E-state index in [-0.39, 0.29) is 24.1 Å². The van der Waals surface area contributed by atoms with Crippen LogP contribution in [0.1, 0.15) is 41.6 Å². The van der Waals surface area contributed by atoms with Crippen molar-refractivity contribution in [1.29, 1.82) is 0 Å². The van der Waals surface area contributed by atoms with E-state index in [1.807, 2.05) is 32.4 Å². The fourth-order valence-corrected chi connectivity index (χ4v) is 2.42. The molecular weight excluding hydrogens is 311 g/mol. The molecule has 2 aromatic rings. The molecule has 6 nitrogen and oxygen atoms in total. The summed E-state index contributed by atoms with van der Waals surface area (Å²) in [4.78, 5) is 24.0. The predicted octanol–water partition coefficient (Wildman–Crippen LogP) is 2.59. The average molecular weight is 332 g/mol. The first-order chi connectivity index (χ1) is 11.3. The van der Waals surface area contributed by atoms with E-state index in [9.17, 15) is 14.0 Å². The Hall–Kier alpha value is -2.70. The summed E-state index contributed by atoms with van der Waals surface area (Å²) in [5.74, 6) is -1.37. The first-order valence-corrected chi connectivity index (χ1v) is 7.69. The van der Waals surface area contributed by atoms with Crippen molar-refractivity contribution in [3.05, 3.63) is 47.0 Å². The molecular formula is C17H21FN4O2. The molecule has 0 fully saturated rings. The van der Waals surface area contributed by atoms with Gasteiger partial charge in [-0.3, -0.25) is 14.3 Å². The van der Waals surface area contributed by atoms with Gasteiger partial charge in [-0.2, -0.15) is 5.10 Å². The Morgan fingerprint density at radius 3 is 2.58 bits per heavy atom. The highest BCUT2D eigenvalue weighted by Crippen LogP contribution is 2.22. The van der Waals surface area contributed by atoms with E-state index in [2.05, 4.69) is 15.7 Å². The molecule has 1 aromatic carbocycles. The predicted molar refractivity (Wildman–Crippen MR) is 89.4 cm³/mol. The number of benzene rings is 1. The highest BCUT2D eigenvalue weighted by atomic mass is 19.1. The van der Waals surface area contributed by atoms with Gasteiger partial charge in [0.15, 0.2) is 0 Å². The largest absolute Gasteiger partial charge is 0.343 e. The van der Waals surface area contributed by atoms with Crippen LogP contribution in [-0.4, -0.2) is 28.1 Å². The summed E-state index contributed by atoms with van der Waals surface area (Å²) in [5, 5.41) is 9.62. The molecule has 24 heavy (non-hydrogen) atoms. The van der Waals surface area contributed by atoms with Crippen molar-refractivity contribution < 1.29 is 14.0 Å². The van der Waals surface area contributed by atoms with Gasteiger partial charge in [-0.25, -0.2) is 4.39 Å². The van der Waals surface area contributed by atoms with Gasteiger partial charge in [0, 0.05) is 11.6 Å². The van der Waals surface area contributed by atoms with Crippen molar-refractivity contribution in [2.45, 2.75) is 33.7 Å². The third kappa shape index (κ3) is 3.98. The Labute approximate surface area is 140 Å². The Balaban J connectivity index is 1.98. The number of rotatable bonds is 5. The molecule has 0 spiro atoms. The summed E-state index contributed by atoms with van der Waals surface area (Å²) in [7, 11) is 0. The Morgan fingerprint density at radius 1 is 1.29 bits per heavy atom. The van der Waals surface area contributed by atoms with Crippen molar-refractivity contribution in [3.8, 4) is 0 Å². The van der Waals surface area contributed by atoms with Gasteiger partial charge < -0.3 is 10.6 Å². The third-order valence-electron chi connectivity index (χ3n) is 3.57. The lowest BCUT2D eigenvalue weighted by Crippen LogP contribution is -2.33. The SMILES string of the molecule is Cc1nn(C(C)C)c(C)c1NC(=O)CNC(=O)c1cccc(F)c1. The van der Waals surface area contributed by atoms with Crippen molar-refractivity contribution in [2.24, 2.45) is 0 Å². The molecule has 2 amide bonds. The second-order valence-electron chi connectivity index (χ2n) is 5.83. The summed E-state index contributed by atoms with van der Waals surface area (Å²) in [5.41, 5.74) is 2.38. The molecule has 7 heteroatoms. The van der Waals surface area contributed by atoms with Crippen LogP contribution in [0.5, 0.6) is 0 Å². The van der Waals surface area contributed by atoms with Crippen molar-refractivity contribution in [1.82, 2.24) is 15.1 Å². The Kier molecular flexibility index (Phi) is 5.33. The molecule has 0 atom stereocenters. The van der Waals surface area contributed by atoms with Crippen LogP contribution in [0.4, 0.5) is 10.1 Å². The lowest BCUT2D eigenvalue weighted by atomic mass is 10.2. The van der Waals surface area contributed by atoms with Crippen LogP contribution >= 0.6 is 0 Å². The molecule has 2 rings (SSSR count). The normalized spacial score (nSPS) is 10.8. The standard InChI is InChI=1S/C17H21FN4O2/c1-10(2)22-12(4)16(11(3)21-22)20-15(23)9-19-17(24)13-6-5-7-14(18)8-13/h5-8,10H,9H2,1-4H3,(H,19,24)(H,20,23). The molecule has 0 saturated heterocycles. The van der Waals surface area contributed by atoms with E-state index in [4.69, 9.17) is 0 Å². The van der Waals surface area contributed by atoms with Gasteiger partial charge in [-0.05, 0) is 45.9 Å². The number of nitrogens with one attached hydrogen (secondary N) is 2. The number of aryl methyl sites for hydroxylation is 1. The second kappa shape index (κ2) is 7.25. The average Bonchev–Trinajstić information content (AvgIpc) is 2.81. The van der Waals surface area contributed by atoms with Crippen molar-refractivity contribution >= 4 is 17.5 Å². The summed E-state index contributed by atoms with van der Waals surface area (Å²) >= 11 is 0. The number of nitrogens with zero attached hydrogens (tertiary/aromatic N) is 2. The van der Waals surface area contributed by atoms with E-state index in [1.165, 1.54) is 18.2 Å². The van der Waals surface area contributed by atoms with Crippen LogP contribution in [0.15, 0.2) is 24.3 Å². The number of amides is 2. The third-order valence-corrected chi connectivity index (χ3v) is 3.57. The molecule has 1 aromatic heterocycles. The molecule has 0 aliphatic heterocycles. The molecule has 0 aliphatic rings. The summed E-state index contributed by atoms with van der Waals surface area (Å²) in [6, 6.07) is 5.48. The quantitative estimate of drug-likeness (QED) is 0.883. The number of carbonyl (C=O) groups excluding carboxylic acids is 2. The smallest absolute Gasteiger partial charge is 0.251 e. The lowest BCUT2D eigenvalue weighted by molar-refractivity contribution is -0.115. The van der Waals surface area contributed by atoms with Crippen LogP contribution in [0, 0.1) is 19.7 Å². The van der Waals surface area contributed by atoms with Crippen molar-refractivity contribution in [3.63, 3.8) is 0 Å². The van der Waals surface area contributed by atoms with Gasteiger partial charge in [-0.15, -0.1) is 0 Å². The molecule has 0 radical (unpaired) electrons. The van der Waals surface area contributed by atoms with Gasteiger partial charge >= 0.3 is 0 Å². The number of hydrogen-bond acceptors (Lipinski definition) is 3. The molecule has 0 saturated carbocycles. The van der Waals surface area contributed by atoms with E-state index < -0.39 is 11.7 Å². The maximum absolute atomic E-state index is 13.1. The maximum atomic E-state index is 13.1. The van der Waals surface area contributed by atoms with E-state index in [1.54, 1.807) is 0 Å². The van der Waals surface area contributed by atoms with Crippen LogP contribution in [0.25, 0.3) is 0 Å². The summed E-state index contributed by atoms with van der Waals surface area (Å²) in [6.45, 7) is 7.49. The summed E-state index contributed by atoms with van der Waals surface area (Å²) in [6.07, 6.45) is 0. The van der Waals surface area contributed by atoms with E-state index in [0.717, 1.165) is 11.8 Å². The molecule has 0 aliphatic carbocycles. The fourth-order valence-electron chi connectivity index (χ4n) is 2.42. The molecule has 128 valence electrons. The number of aromatic nitrogens is 2. The monoisotopic (exact) mass is 332 g/mol. The molecule has 2 N–H and O–H groups in total. The molecule has 1 heterocycles. The van der Waals surface area contributed by atoms with E-state index in [0.29, 0.717) is 11.4 Å². The minimum atomic E-state index is -0.504. The zero-order valence-electron chi connectivity index (χ0n) is 14.2. The summed E-state index contributed by atoms with van der Waals surface area (Å²) < 4.78 is 14.9. The van der Waals surface area contributed by atoms with E-state index >= 15 is 0 Å². The minimum Gasteiger partial charge on any atom is -0.343 e. The van der Waals surface area contributed by atoms with Gasteiger partial charge in [-0.1, -0.05) is 6.07 Å². The van der Waals surface area contributed by atoms with Crippen LogP contribution in [0.3, 0.4) is 0 Å².